The van der Waals surface area contributed by atoms with E-state index in [0.717, 1.165) is 11.1 Å². The van der Waals surface area contributed by atoms with Gasteiger partial charge >= 0.3 is 6.09 Å². The van der Waals surface area contributed by atoms with Crippen LogP contribution in [0.25, 0.3) is 0 Å². The number of carboxylic acid groups (broad SMARTS) is 1. The SMILES string of the molecule is C=CC(NC(=O)O)c1cc(Cl)cc(C(C)(C)C)c1. The standard InChI is InChI=1S/C14H18ClNO2/c1-5-12(16-13(17)18)9-6-10(14(2,3)4)8-11(15)7-9/h5-8,12,16H,1H2,2-4H3,(H,17,18). The number of halogens is 1. The first-order chi connectivity index (χ1) is 8.24. The largest absolute Gasteiger partial charge is 0.465 e. The van der Waals surface area contributed by atoms with Crippen molar-refractivity contribution < 1.29 is 9.90 Å². The molecule has 0 aliphatic heterocycles. The van der Waals surface area contributed by atoms with Gasteiger partial charge in [0.05, 0.1) is 6.04 Å². The van der Waals surface area contributed by atoms with Crippen molar-refractivity contribution in [3.8, 4) is 0 Å². The van der Waals surface area contributed by atoms with Gasteiger partial charge in [0.1, 0.15) is 0 Å². The third-order valence-electron chi connectivity index (χ3n) is 2.66. The highest BCUT2D eigenvalue weighted by molar-refractivity contribution is 6.30. The lowest BCUT2D eigenvalue weighted by atomic mass is 9.85. The Labute approximate surface area is 112 Å². The highest BCUT2D eigenvalue weighted by Crippen LogP contribution is 2.29. The van der Waals surface area contributed by atoms with Crippen molar-refractivity contribution in [1.82, 2.24) is 5.32 Å². The molecule has 2 N–H and O–H groups in total. The van der Waals surface area contributed by atoms with Gasteiger partial charge in [-0.1, -0.05) is 44.5 Å². The minimum atomic E-state index is -1.09. The van der Waals surface area contributed by atoms with E-state index in [2.05, 4.69) is 32.7 Å². The summed E-state index contributed by atoms with van der Waals surface area (Å²) in [5.74, 6) is 0. The summed E-state index contributed by atoms with van der Waals surface area (Å²) in [4.78, 5) is 10.7. The first-order valence-corrected chi connectivity index (χ1v) is 6.05. The molecule has 4 heteroatoms. The Balaban J connectivity index is 3.19. The Morgan fingerprint density at radius 3 is 2.50 bits per heavy atom. The number of hydrogen-bond acceptors (Lipinski definition) is 1. The van der Waals surface area contributed by atoms with Crippen molar-refractivity contribution in [3.63, 3.8) is 0 Å². The van der Waals surface area contributed by atoms with Crippen LogP contribution in [0.3, 0.4) is 0 Å². The average Bonchev–Trinajstić information content (AvgIpc) is 2.23. The second kappa shape index (κ2) is 5.44. The molecule has 1 aromatic rings. The quantitative estimate of drug-likeness (QED) is 0.809. The molecular weight excluding hydrogens is 250 g/mol. The normalized spacial score (nSPS) is 12.9. The summed E-state index contributed by atoms with van der Waals surface area (Å²) in [6, 6.07) is 5.14. The van der Waals surface area contributed by atoms with Gasteiger partial charge in [-0.15, -0.1) is 6.58 Å². The smallest absolute Gasteiger partial charge is 0.405 e. The summed E-state index contributed by atoms with van der Waals surface area (Å²) in [6.07, 6.45) is 0.462. The van der Waals surface area contributed by atoms with Gasteiger partial charge < -0.3 is 10.4 Å². The first kappa shape index (κ1) is 14.6. The number of amides is 1. The summed E-state index contributed by atoms with van der Waals surface area (Å²) in [6.45, 7) is 9.88. The van der Waals surface area contributed by atoms with E-state index in [-0.39, 0.29) is 5.41 Å². The predicted molar refractivity (Wildman–Crippen MR) is 74.3 cm³/mol. The van der Waals surface area contributed by atoms with Gasteiger partial charge in [-0.25, -0.2) is 4.79 Å². The molecule has 1 atom stereocenters. The van der Waals surface area contributed by atoms with Crippen LogP contribution in [-0.2, 0) is 5.41 Å². The number of hydrogen-bond donors (Lipinski definition) is 2. The van der Waals surface area contributed by atoms with Gasteiger partial charge in [-0.2, -0.15) is 0 Å². The van der Waals surface area contributed by atoms with E-state index in [0.29, 0.717) is 5.02 Å². The minimum Gasteiger partial charge on any atom is -0.465 e. The lowest BCUT2D eigenvalue weighted by molar-refractivity contribution is 0.192. The zero-order chi connectivity index (χ0) is 13.9. The maximum atomic E-state index is 10.7. The van der Waals surface area contributed by atoms with E-state index in [1.165, 1.54) is 0 Å². The third kappa shape index (κ3) is 3.77. The molecule has 0 bridgehead atoms. The monoisotopic (exact) mass is 267 g/mol. The Morgan fingerprint density at radius 1 is 1.44 bits per heavy atom. The number of carbonyl (C=O) groups is 1. The zero-order valence-electron chi connectivity index (χ0n) is 10.8. The fraction of sp³-hybridized carbons (Fsp3) is 0.357. The molecule has 0 radical (unpaired) electrons. The van der Waals surface area contributed by atoms with Gasteiger partial charge in [-0.3, -0.25) is 0 Å². The molecule has 98 valence electrons. The van der Waals surface area contributed by atoms with Crippen molar-refractivity contribution in [1.29, 1.82) is 0 Å². The van der Waals surface area contributed by atoms with E-state index >= 15 is 0 Å². The van der Waals surface area contributed by atoms with Crippen molar-refractivity contribution in [2.45, 2.75) is 32.2 Å². The van der Waals surface area contributed by atoms with Gasteiger partial charge in [0.15, 0.2) is 0 Å². The van der Waals surface area contributed by atoms with Gasteiger partial charge in [0.2, 0.25) is 0 Å². The van der Waals surface area contributed by atoms with Crippen LogP contribution in [-0.4, -0.2) is 11.2 Å². The molecule has 1 rings (SSSR count). The minimum absolute atomic E-state index is 0.0470. The second-order valence-electron chi connectivity index (χ2n) is 5.19. The molecule has 0 aliphatic carbocycles. The summed E-state index contributed by atoms with van der Waals surface area (Å²) in [7, 11) is 0. The molecule has 0 saturated heterocycles. The van der Waals surface area contributed by atoms with Crippen molar-refractivity contribution >= 4 is 17.7 Å². The highest BCUT2D eigenvalue weighted by atomic mass is 35.5. The molecule has 0 fully saturated rings. The van der Waals surface area contributed by atoms with Crippen molar-refractivity contribution in [2.75, 3.05) is 0 Å². The highest BCUT2D eigenvalue weighted by Gasteiger charge is 2.18. The van der Waals surface area contributed by atoms with E-state index < -0.39 is 12.1 Å². The van der Waals surface area contributed by atoms with Crippen LogP contribution in [0.2, 0.25) is 5.02 Å². The van der Waals surface area contributed by atoms with Gasteiger partial charge in [-0.05, 0) is 28.7 Å². The summed E-state index contributed by atoms with van der Waals surface area (Å²) in [5, 5.41) is 11.8. The van der Waals surface area contributed by atoms with Crippen LogP contribution in [0.5, 0.6) is 0 Å². The van der Waals surface area contributed by atoms with Gasteiger partial charge in [0.25, 0.3) is 0 Å². The first-order valence-electron chi connectivity index (χ1n) is 5.67. The van der Waals surface area contributed by atoms with Crippen molar-refractivity contribution in [2.24, 2.45) is 0 Å². The lowest BCUT2D eigenvalue weighted by Crippen LogP contribution is -2.25. The van der Waals surface area contributed by atoms with E-state index in [1.54, 1.807) is 12.1 Å². The van der Waals surface area contributed by atoms with Crippen LogP contribution >= 0.6 is 11.6 Å². The molecule has 0 aromatic heterocycles. The molecule has 1 unspecified atom stereocenters. The maximum Gasteiger partial charge on any atom is 0.405 e. The number of rotatable bonds is 3. The molecule has 0 saturated carbocycles. The van der Waals surface area contributed by atoms with Crippen molar-refractivity contribution in [3.05, 3.63) is 47.0 Å². The lowest BCUT2D eigenvalue weighted by Gasteiger charge is -2.22. The van der Waals surface area contributed by atoms with Gasteiger partial charge in [0, 0.05) is 5.02 Å². The maximum absolute atomic E-state index is 10.7. The Kier molecular flexibility index (Phi) is 4.41. The Hall–Kier alpha value is -1.48. The van der Waals surface area contributed by atoms with Crippen LogP contribution < -0.4 is 5.32 Å². The molecular formula is C14H18ClNO2. The summed E-state index contributed by atoms with van der Waals surface area (Å²) < 4.78 is 0. The van der Waals surface area contributed by atoms with Crippen LogP contribution in [0.4, 0.5) is 4.79 Å². The molecule has 0 spiro atoms. The van der Waals surface area contributed by atoms with E-state index in [9.17, 15) is 4.79 Å². The predicted octanol–water partition coefficient (Wildman–Crippen LogP) is 4.13. The van der Waals surface area contributed by atoms with E-state index in [1.807, 2.05) is 12.1 Å². The van der Waals surface area contributed by atoms with Crippen LogP contribution in [0.1, 0.15) is 37.9 Å². The molecule has 18 heavy (non-hydrogen) atoms. The molecule has 1 amide bonds. The topological polar surface area (TPSA) is 49.3 Å². The molecule has 0 heterocycles. The fourth-order valence-electron chi connectivity index (χ4n) is 1.64. The number of nitrogens with one attached hydrogen (secondary N) is 1. The Morgan fingerprint density at radius 2 is 2.06 bits per heavy atom. The third-order valence-corrected chi connectivity index (χ3v) is 2.88. The zero-order valence-corrected chi connectivity index (χ0v) is 11.6. The van der Waals surface area contributed by atoms with E-state index in [4.69, 9.17) is 16.7 Å². The summed E-state index contributed by atoms with van der Waals surface area (Å²) in [5.41, 5.74) is 1.81. The molecule has 0 aliphatic rings. The number of benzene rings is 1. The summed E-state index contributed by atoms with van der Waals surface area (Å²) >= 11 is 6.08. The second-order valence-corrected chi connectivity index (χ2v) is 5.62. The van der Waals surface area contributed by atoms with Crippen LogP contribution in [0.15, 0.2) is 30.9 Å². The van der Waals surface area contributed by atoms with Crippen LogP contribution in [0, 0.1) is 0 Å². The molecule has 1 aromatic carbocycles. The Bertz CT molecular complexity index is 463. The molecule has 3 nitrogen and oxygen atoms in total. The average molecular weight is 268 g/mol. The fourth-order valence-corrected chi connectivity index (χ4v) is 1.88.